The molecule has 5 heteroatoms. The first-order chi connectivity index (χ1) is 8.22. The molecule has 1 aliphatic rings. The van der Waals surface area contributed by atoms with Crippen LogP contribution in [0.2, 0.25) is 0 Å². The van der Waals surface area contributed by atoms with Crippen LogP contribution in [-0.2, 0) is 4.74 Å². The van der Waals surface area contributed by atoms with Crippen LogP contribution in [0.5, 0.6) is 5.75 Å². The maximum atomic E-state index is 12.0. The predicted molar refractivity (Wildman–Crippen MR) is 64.1 cm³/mol. The smallest absolute Gasteiger partial charge is 0.253 e. The summed E-state index contributed by atoms with van der Waals surface area (Å²) in [5, 5.41) is 2.89. The number of nitrogen functional groups attached to an aromatic ring is 1. The van der Waals surface area contributed by atoms with Crippen LogP contribution in [0.1, 0.15) is 16.8 Å². The summed E-state index contributed by atoms with van der Waals surface area (Å²) in [6.45, 7) is 1.26. The number of rotatable bonds is 3. The van der Waals surface area contributed by atoms with Gasteiger partial charge in [-0.05, 0) is 18.6 Å². The molecular formula is C12H16N2O3. The van der Waals surface area contributed by atoms with E-state index >= 15 is 0 Å². The van der Waals surface area contributed by atoms with E-state index in [1.54, 1.807) is 18.2 Å². The molecule has 1 atom stereocenters. The summed E-state index contributed by atoms with van der Waals surface area (Å²) >= 11 is 0. The standard InChI is InChI=1S/C12H16N2O3/c1-16-10-4-2-3-9(11(10)13)12(15)14-8-5-6-17-7-8/h2-4,8H,5-7,13H2,1H3,(H,14,15). The number of hydrogen-bond acceptors (Lipinski definition) is 4. The molecule has 1 heterocycles. The predicted octanol–water partition coefficient (Wildman–Crippen LogP) is 0.796. The van der Waals surface area contributed by atoms with Gasteiger partial charge in [0, 0.05) is 6.61 Å². The van der Waals surface area contributed by atoms with Gasteiger partial charge in [-0.1, -0.05) is 6.07 Å². The van der Waals surface area contributed by atoms with E-state index < -0.39 is 0 Å². The monoisotopic (exact) mass is 236 g/mol. The number of carbonyl (C=O) groups is 1. The minimum atomic E-state index is -0.183. The van der Waals surface area contributed by atoms with E-state index in [1.165, 1.54) is 7.11 Å². The van der Waals surface area contributed by atoms with E-state index in [-0.39, 0.29) is 11.9 Å². The van der Waals surface area contributed by atoms with Crippen molar-refractivity contribution in [3.63, 3.8) is 0 Å². The second-order valence-electron chi connectivity index (χ2n) is 3.96. The van der Waals surface area contributed by atoms with Crippen molar-refractivity contribution in [2.24, 2.45) is 0 Å². The highest BCUT2D eigenvalue weighted by Crippen LogP contribution is 2.24. The summed E-state index contributed by atoms with van der Waals surface area (Å²) < 4.78 is 10.3. The van der Waals surface area contributed by atoms with Gasteiger partial charge in [-0.3, -0.25) is 4.79 Å². The Morgan fingerprint density at radius 3 is 3.06 bits per heavy atom. The molecule has 0 radical (unpaired) electrons. The molecule has 1 fully saturated rings. The van der Waals surface area contributed by atoms with Gasteiger partial charge in [0.2, 0.25) is 0 Å². The molecule has 1 unspecified atom stereocenters. The number of para-hydroxylation sites is 1. The van der Waals surface area contributed by atoms with Crippen molar-refractivity contribution < 1.29 is 14.3 Å². The summed E-state index contributed by atoms with van der Waals surface area (Å²) in [5.74, 6) is 0.331. The Bertz CT molecular complexity index is 414. The lowest BCUT2D eigenvalue weighted by Gasteiger charge is -2.13. The van der Waals surface area contributed by atoms with Crippen LogP contribution in [0.4, 0.5) is 5.69 Å². The molecule has 1 aromatic carbocycles. The first kappa shape index (κ1) is 11.7. The molecule has 3 N–H and O–H groups in total. The van der Waals surface area contributed by atoms with Crippen LogP contribution in [0.25, 0.3) is 0 Å². The molecule has 5 nitrogen and oxygen atoms in total. The van der Waals surface area contributed by atoms with Gasteiger partial charge in [0.05, 0.1) is 31.0 Å². The Morgan fingerprint density at radius 1 is 1.59 bits per heavy atom. The molecule has 0 bridgehead atoms. The molecule has 0 aromatic heterocycles. The second kappa shape index (κ2) is 5.05. The number of hydrogen-bond donors (Lipinski definition) is 2. The first-order valence-electron chi connectivity index (χ1n) is 5.53. The molecular weight excluding hydrogens is 220 g/mol. The number of benzene rings is 1. The van der Waals surface area contributed by atoms with Crippen molar-refractivity contribution in [3.8, 4) is 5.75 Å². The highest BCUT2D eigenvalue weighted by Gasteiger charge is 2.20. The van der Waals surface area contributed by atoms with Gasteiger partial charge < -0.3 is 20.5 Å². The van der Waals surface area contributed by atoms with E-state index in [9.17, 15) is 4.79 Å². The average Bonchev–Trinajstić information content (AvgIpc) is 2.82. The van der Waals surface area contributed by atoms with Crippen molar-refractivity contribution in [1.29, 1.82) is 0 Å². The van der Waals surface area contributed by atoms with Crippen molar-refractivity contribution in [1.82, 2.24) is 5.32 Å². The van der Waals surface area contributed by atoms with Gasteiger partial charge in [0.15, 0.2) is 0 Å². The van der Waals surface area contributed by atoms with Crippen molar-refractivity contribution in [2.45, 2.75) is 12.5 Å². The topological polar surface area (TPSA) is 73.6 Å². The van der Waals surface area contributed by atoms with Gasteiger partial charge in [-0.2, -0.15) is 0 Å². The molecule has 0 spiro atoms. The van der Waals surface area contributed by atoms with E-state index in [0.717, 1.165) is 6.42 Å². The number of nitrogens with one attached hydrogen (secondary N) is 1. The molecule has 2 rings (SSSR count). The third-order valence-electron chi connectivity index (χ3n) is 2.80. The Hall–Kier alpha value is -1.75. The Balaban J connectivity index is 2.12. The van der Waals surface area contributed by atoms with Gasteiger partial charge >= 0.3 is 0 Å². The quantitative estimate of drug-likeness (QED) is 0.761. The fourth-order valence-electron chi connectivity index (χ4n) is 1.83. The lowest BCUT2D eigenvalue weighted by atomic mass is 10.1. The zero-order valence-corrected chi connectivity index (χ0v) is 9.73. The number of nitrogens with two attached hydrogens (primary N) is 1. The number of ether oxygens (including phenoxy) is 2. The van der Waals surface area contributed by atoms with Crippen molar-refractivity contribution in [3.05, 3.63) is 23.8 Å². The van der Waals surface area contributed by atoms with E-state index in [4.69, 9.17) is 15.2 Å². The SMILES string of the molecule is COc1cccc(C(=O)NC2CCOC2)c1N. The highest BCUT2D eigenvalue weighted by molar-refractivity contribution is 6.00. The van der Waals surface area contributed by atoms with E-state index in [1.807, 2.05) is 0 Å². The van der Waals surface area contributed by atoms with Crippen LogP contribution in [0.3, 0.4) is 0 Å². The zero-order chi connectivity index (χ0) is 12.3. The fourth-order valence-corrected chi connectivity index (χ4v) is 1.83. The minimum absolute atomic E-state index is 0.0769. The van der Waals surface area contributed by atoms with Gasteiger partial charge in [-0.15, -0.1) is 0 Å². The average molecular weight is 236 g/mol. The number of anilines is 1. The first-order valence-corrected chi connectivity index (χ1v) is 5.53. The molecule has 1 aromatic rings. The molecule has 1 aliphatic heterocycles. The van der Waals surface area contributed by atoms with E-state index in [2.05, 4.69) is 5.32 Å². The largest absolute Gasteiger partial charge is 0.495 e. The normalized spacial score (nSPS) is 19.0. The molecule has 1 saturated heterocycles. The van der Waals surface area contributed by atoms with Crippen LogP contribution < -0.4 is 15.8 Å². The molecule has 0 saturated carbocycles. The summed E-state index contributed by atoms with van der Waals surface area (Å²) in [5.41, 5.74) is 6.66. The van der Waals surface area contributed by atoms with Gasteiger partial charge in [0.1, 0.15) is 5.75 Å². The van der Waals surface area contributed by atoms with Crippen molar-refractivity contribution in [2.75, 3.05) is 26.1 Å². The third kappa shape index (κ3) is 2.50. The second-order valence-corrected chi connectivity index (χ2v) is 3.96. The van der Waals surface area contributed by atoms with Gasteiger partial charge in [-0.25, -0.2) is 0 Å². The Labute approximate surface area is 99.9 Å². The molecule has 0 aliphatic carbocycles. The minimum Gasteiger partial charge on any atom is -0.495 e. The lowest BCUT2D eigenvalue weighted by molar-refractivity contribution is 0.0930. The summed E-state index contributed by atoms with van der Waals surface area (Å²) in [6, 6.07) is 5.23. The van der Waals surface area contributed by atoms with Gasteiger partial charge in [0.25, 0.3) is 5.91 Å². The Kier molecular flexibility index (Phi) is 3.49. The zero-order valence-electron chi connectivity index (χ0n) is 9.73. The summed E-state index contributed by atoms with van der Waals surface area (Å²) in [4.78, 5) is 12.0. The number of methoxy groups -OCH3 is 1. The van der Waals surface area contributed by atoms with E-state index in [0.29, 0.717) is 30.2 Å². The lowest BCUT2D eigenvalue weighted by Crippen LogP contribution is -2.35. The van der Waals surface area contributed by atoms with Crippen LogP contribution >= 0.6 is 0 Å². The third-order valence-corrected chi connectivity index (χ3v) is 2.80. The Morgan fingerprint density at radius 2 is 2.41 bits per heavy atom. The molecule has 1 amide bonds. The molecule has 92 valence electrons. The van der Waals surface area contributed by atoms with Crippen LogP contribution in [0.15, 0.2) is 18.2 Å². The summed E-state index contributed by atoms with van der Waals surface area (Å²) in [6.07, 6.45) is 0.843. The van der Waals surface area contributed by atoms with Crippen LogP contribution in [0, 0.1) is 0 Å². The van der Waals surface area contributed by atoms with Crippen LogP contribution in [-0.4, -0.2) is 32.3 Å². The fraction of sp³-hybridized carbons (Fsp3) is 0.417. The number of amides is 1. The number of carbonyl (C=O) groups excluding carboxylic acids is 1. The molecule has 17 heavy (non-hydrogen) atoms. The maximum absolute atomic E-state index is 12.0. The maximum Gasteiger partial charge on any atom is 0.253 e. The van der Waals surface area contributed by atoms with Crippen molar-refractivity contribution >= 4 is 11.6 Å². The highest BCUT2D eigenvalue weighted by atomic mass is 16.5. The summed E-state index contributed by atoms with van der Waals surface area (Å²) in [7, 11) is 1.53.